The maximum Gasteiger partial charge on any atom is 0.254 e. The molecule has 1 atom stereocenters. The second-order valence-electron chi connectivity index (χ2n) is 8.63. The Labute approximate surface area is 211 Å². The highest BCUT2D eigenvalue weighted by Crippen LogP contribution is 2.30. The Morgan fingerprint density at radius 2 is 2.00 bits per heavy atom. The minimum atomic E-state index is -0.701. The van der Waals surface area contributed by atoms with E-state index in [1.807, 2.05) is 6.92 Å². The van der Waals surface area contributed by atoms with E-state index in [0.29, 0.717) is 40.9 Å². The van der Waals surface area contributed by atoms with Crippen molar-refractivity contribution in [3.05, 3.63) is 75.5 Å². The summed E-state index contributed by atoms with van der Waals surface area (Å²) in [6, 6.07) is 8.27. The van der Waals surface area contributed by atoms with Gasteiger partial charge in [0.2, 0.25) is 0 Å². The molecule has 3 aromatic rings. The predicted molar refractivity (Wildman–Crippen MR) is 134 cm³/mol. The zero-order chi connectivity index (χ0) is 24.9. The van der Waals surface area contributed by atoms with Gasteiger partial charge < -0.3 is 15.8 Å². The van der Waals surface area contributed by atoms with Crippen LogP contribution in [-0.2, 0) is 4.74 Å². The van der Waals surface area contributed by atoms with Crippen LogP contribution in [0.15, 0.2) is 47.1 Å². The number of amides is 1. The number of halogens is 3. The van der Waals surface area contributed by atoms with E-state index in [4.69, 9.17) is 10.5 Å². The number of rotatable bonds is 7. The number of anilines is 1. The number of hydrogen-bond donors (Lipinski definition) is 2. The molecule has 0 unspecified atom stereocenters. The number of nitrogen functional groups attached to an aromatic ring is 1. The quantitative estimate of drug-likeness (QED) is 0.384. The summed E-state index contributed by atoms with van der Waals surface area (Å²) in [4.78, 5) is 21.9. The van der Waals surface area contributed by atoms with Crippen molar-refractivity contribution in [2.45, 2.75) is 44.6 Å². The SMILES string of the molecule is CCC[C@@H](NC(=O)c1ccc(-c2nc(C3CCOCC3)cnc2N)cc1F)c1cc(F)cc(Br)c1. The lowest BCUT2D eigenvalue weighted by atomic mass is 9.96. The fraction of sp³-hybridized carbons (Fsp3) is 0.346. The van der Waals surface area contributed by atoms with E-state index in [-0.39, 0.29) is 17.3 Å². The van der Waals surface area contributed by atoms with Gasteiger partial charge >= 0.3 is 0 Å². The number of ether oxygens (including phenoxy) is 1. The maximum atomic E-state index is 15.1. The molecular weight excluding hydrogens is 518 g/mol. The molecule has 1 aromatic heterocycles. The normalized spacial score (nSPS) is 15.1. The average molecular weight is 545 g/mol. The van der Waals surface area contributed by atoms with Gasteiger partial charge in [-0.2, -0.15) is 0 Å². The molecule has 1 saturated heterocycles. The third-order valence-corrected chi connectivity index (χ3v) is 6.57. The highest BCUT2D eigenvalue weighted by Gasteiger charge is 2.22. The van der Waals surface area contributed by atoms with Crippen LogP contribution < -0.4 is 11.1 Å². The molecule has 1 amide bonds. The molecule has 0 aliphatic carbocycles. The maximum absolute atomic E-state index is 15.1. The Bertz CT molecular complexity index is 1200. The fourth-order valence-corrected chi connectivity index (χ4v) is 4.77. The molecule has 1 aliphatic heterocycles. The number of nitrogens with one attached hydrogen (secondary N) is 1. The molecule has 9 heteroatoms. The Morgan fingerprint density at radius 3 is 2.69 bits per heavy atom. The first-order chi connectivity index (χ1) is 16.9. The minimum Gasteiger partial charge on any atom is -0.382 e. The number of nitrogens with zero attached hydrogens (tertiary/aromatic N) is 2. The van der Waals surface area contributed by atoms with Crippen LogP contribution in [0.4, 0.5) is 14.6 Å². The smallest absolute Gasteiger partial charge is 0.254 e. The Kier molecular flexibility index (Phi) is 8.07. The number of aromatic nitrogens is 2. The van der Waals surface area contributed by atoms with Gasteiger partial charge in [-0.05, 0) is 55.2 Å². The van der Waals surface area contributed by atoms with E-state index in [1.54, 1.807) is 18.3 Å². The minimum absolute atomic E-state index is 0.113. The summed E-state index contributed by atoms with van der Waals surface area (Å²) < 4.78 is 35.0. The van der Waals surface area contributed by atoms with Crippen LogP contribution >= 0.6 is 15.9 Å². The Hall–Kier alpha value is -2.91. The molecule has 3 N–H and O–H groups in total. The molecule has 0 saturated carbocycles. The van der Waals surface area contributed by atoms with Crippen molar-refractivity contribution in [3.63, 3.8) is 0 Å². The fourth-order valence-electron chi connectivity index (χ4n) is 4.28. The number of carbonyl (C=O) groups is 1. The van der Waals surface area contributed by atoms with Gasteiger partial charge in [-0.25, -0.2) is 18.7 Å². The number of hydrogen-bond acceptors (Lipinski definition) is 5. The zero-order valence-corrected chi connectivity index (χ0v) is 20.9. The highest BCUT2D eigenvalue weighted by atomic mass is 79.9. The second kappa shape index (κ2) is 11.2. The monoisotopic (exact) mass is 544 g/mol. The van der Waals surface area contributed by atoms with E-state index in [0.717, 1.165) is 25.0 Å². The van der Waals surface area contributed by atoms with Crippen molar-refractivity contribution < 1.29 is 18.3 Å². The van der Waals surface area contributed by atoms with Crippen LogP contribution in [0, 0.1) is 11.6 Å². The van der Waals surface area contributed by atoms with Gasteiger partial charge in [0.05, 0.1) is 23.5 Å². The first kappa shape index (κ1) is 25.2. The standard InChI is InChI=1S/C26H27BrF2N4O2/c1-2-3-22(17-10-18(27)13-19(28)11-17)33-26(34)20-5-4-16(12-21(20)29)24-25(30)31-14-23(32-24)15-6-8-35-9-7-15/h4-5,10-15,22H,2-3,6-9H2,1H3,(H2,30,31)(H,33,34)/t22-/m1/s1. The van der Waals surface area contributed by atoms with Crippen molar-refractivity contribution in [2.75, 3.05) is 18.9 Å². The molecule has 2 heterocycles. The third kappa shape index (κ3) is 6.02. The Balaban J connectivity index is 1.57. The van der Waals surface area contributed by atoms with E-state index < -0.39 is 23.6 Å². The average Bonchev–Trinajstić information content (AvgIpc) is 2.84. The Morgan fingerprint density at radius 1 is 1.23 bits per heavy atom. The summed E-state index contributed by atoms with van der Waals surface area (Å²) >= 11 is 3.28. The van der Waals surface area contributed by atoms with E-state index in [1.165, 1.54) is 24.3 Å². The van der Waals surface area contributed by atoms with Gasteiger partial charge in [-0.15, -0.1) is 0 Å². The number of carbonyl (C=O) groups excluding carboxylic acids is 1. The molecule has 0 spiro atoms. The van der Waals surface area contributed by atoms with Crippen LogP contribution in [0.3, 0.4) is 0 Å². The summed E-state index contributed by atoms with van der Waals surface area (Å²) in [5.41, 5.74) is 8.17. The molecule has 2 aromatic carbocycles. The van der Waals surface area contributed by atoms with Crippen molar-refractivity contribution in [3.8, 4) is 11.3 Å². The first-order valence-corrected chi connectivity index (χ1v) is 12.4. The van der Waals surface area contributed by atoms with Gasteiger partial charge in [-0.1, -0.05) is 35.3 Å². The summed E-state index contributed by atoms with van der Waals surface area (Å²) in [6.45, 7) is 3.29. The lowest BCUT2D eigenvalue weighted by molar-refractivity contribution is 0.0844. The molecule has 184 valence electrons. The summed E-state index contributed by atoms with van der Waals surface area (Å²) in [6.07, 6.45) is 4.67. The van der Waals surface area contributed by atoms with Crippen LogP contribution in [0.2, 0.25) is 0 Å². The summed E-state index contributed by atoms with van der Waals surface area (Å²) in [5, 5.41) is 2.84. The second-order valence-corrected chi connectivity index (χ2v) is 9.54. The van der Waals surface area contributed by atoms with E-state index in [9.17, 15) is 9.18 Å². The van der Waals surface area contributed by atoms with Gasteiger partial charge in [0.1, 0.15) is 23.1 Å². The summed E-state index contributed by atoms with van der Waals surface area (Å²) in [7, 11) is 0. The van der Waals surface area contributed by atoms with Gasteiger partial charge in [0.15, 0.2) is 0 Å². The predicted octanol–water partition coefficient (Wildman–Crippen LogP) is 5.93. The molecule has 1 aliphatic rings. The van der Waals surface area contributed by atoms with Gasteiger partial charge in [-0.3, -0.25) is 4.79 Å². The number of nitrogens with two attached hydrogens (primary N) is 1. The lowest BCUT2D eigenvalue weighted by Gasteiger charge is -2.22. The van der Waals surface area contributed by atoms with Crippen LogP contribution in [-0.4, -0.2) is 29.1 Å². The van der Waals surface area contributed by atoms with Crippen LogP contribution in [0.5, 0.6) is 0 Å². The van der Waals surface area contributed by atoms with Crippen molar-refractivity contribution in [1.29, 1.82) is 0 Å². The largest absolute Gasteiger partial charge is 0.382 e. The van der Waals surface area contributed by atoms with Crippen molar-refractivity contribution >= 4 is 27.7 Å². The van der Waals surface area contributed by atoms with Gasteiger partial charge in [0.25, 0.3) is 5.91 Å². The molecule has 0 bridgehead atoms. The van der Waals surface area contributed by atoms with Crippen molar-refractivity contribution in [2.24, 2.45) is 0 Å². The molecule has 35 heavy (non-hydrogen) atoms. The van der Waals surface area contributed by atoms with E-state index >= 15 is 4.39 Å². The van der Waals surface area contributed by atoms with Crippen molar-refractivity contribution in [1.82, 2.24) is 15.3 Å². The molecule has 1 fully saturated rings. The lowest BCUT2D eigenvalue weighted by Crippen LogP contribution is -2.29. The molecular formula is C26H27BrF2N4O2. The highest BCUT2D eigenvalue weighted by molar-refractivity contribution is 9.10. The van der Waals surface area contributed by atoms with Gasteiger partial charge in [0, 0.05) is 29.2 Å². The topological polar surface area (TPSA) is 90.1 Å². The molecule has 6 nitrogen and oxygen atoms in total. The van der Waals surface area contributed by atoms with Crippen LogP contribution in [0.1, 0.15) is 66.2 Å². The van der Waals surface area contributed by atoms with Crippen LogP contribution in [0.25, 0.3) is 11.3 Å². The third-order valence-electron chi connectivity index (χ3n) is 6.12. The molecule has 4 rings (SSSR count). The number of benzene rings is 2. The zero-order valence-electron chi connectivity index (χ0n) is 19.4. The molecule has 0 radical (unpaired) electrons. The summed E-state index contributed by atoms with van der Waals surface area (Å²) in [5.74, 6) is -1.29. The first-order valence-electron chi connectivity index (χ1n) is 11.6. The van der Waals surface area contributed by atoms with E-state index in [2.05, 4.69) is 31.2 Å².